The molecule has 0 amide bonds. The SMILES string of the molecule is Cc1ccc(N2CCC(C(C)C)C(F)C2)nn1. The number of piperidine rings is 1. The highest BCUT2D eigenvalue weighted by Gasteiger charge is 2.31. The molecule has 4 heteroatoms. The molecule has 0 aliphatic carbocycles. The van der Waals surface area contributed by atoms with Gasteiger partial charge in [0.25, 0.3) is 0 Å². The highest BCUT2D eigenvalue weighted by molar-refractivity contribution is 5.38. The number of nitrogens with zero attached hydrogens (tertiary/aromatic N) is 3. The van der Waals surface area contributed by atoms with Crippen LogP contribution in [-0.2, 0) is 0 Å². The molecular weight excluding hydrogens is 217 g/mol. The van der Waals surface area contributed by atoms with E-state index in [1.165, 1.54) is 0 Å². The molecule has 0 N–H and O–H groups in total. The van der Waals surface area contributed by atoms with Crippen LogP contribution in [0.2, 0.25) is 0 Å². The number of alkyl halides is 1. The van der Waals surface area contributed by atoms with Gasteiger partial charge in [-0.25, -0.2) is 4.39 Å². The van der Waals surface area contributed by atoms with Gasteiger partial charge in [0.1, 0.15) is 6.17 Å². The molecule has 94 valence electrons. The first-order valence-electron chi connectivity index (χ1n) is 6.27. The fourth-order valence-electron chi connectivity index (χ4n) is 2.44. The number of aromatic nitrogens is 2. The van der Waals surface area contributed by atoms with Gasteiger partial charge < -0.3 is 4.90 Å². The first-order valence-corrected chi connectivity index (χ1v) is 6.27. The molecule has 17 heavy (non-hydrogen) atoms. The van der Waals surface area contributed by atoms with Crippen LogP contribution in [0.3, 0.4) is 0 Å². The molecule has 2 unspecified atom stereocenters. The number of halogens is 1. The molecule has 1 aromatic heterocycles. The van der Waals surface area contributed by atoms with Crippen molar-refractivity contribution in [2.75, 3.05) is 18.0 Å². The van der Waals surface area contributed by atoms with E-state index in [-0.39, 0.29) is 5.92 Å². The van der Waals surface area contributed by atoms with E-state index in [0.29, 0.717) is 12.5 Å². The Balaban J connectivity index is 2.04. The molecule has 0 bridgehead atoms. The summed E-state index contributed by atoms with van der Waals surface area (Å²) in [4.78, 5) is 2.00. The van der Waals surface area contributed by atoms with E-state index < -0.39 is 6.17 Å². The molecule has 0 aromatic carbocycles. The van der Waals surface area contributed by atoms with Crippen molar-refractivity contribution in [2.45, 2.75) is 33.4 Å². The van der Waals surface area contributed by atoms with Gasteiger partial charge in [0, 0.05) is 6.54 Å². The molecule has 1 saturated heterocycles. The molecule has 1 aliphatic heterocycles. The van der Waals surface area contributed by atoms with Crippen LogP contribution in [0, 0.1) is 18.8 Å². The van der Waals surface area contributed by atoms with Gasteiger partial charge in [0.05, 0.1) is 12.2 Å². The van der Waals surface area contributed by atoms with Crippen LogP contribution in [0.15, 0.2) is 12.1 Å². The lowest BCUT2D eigenvalue weighted by Gasteiger charge is -2.36. The van der Waals surface area contributed by atoms with E-state index in [1.54, 1.807) is 0 Å². The predicted octanol–water partition coefficient (Wildman–Crippen LogP) is 2.61. The van der Waals surface area contributed by atoms with Gasteiger partial charge in [-0.05, 0) is 37.3 Å². The summed E-state index contributed by atoms with van der Waals surface area (Å²) in [5.41, 5.74) is 0.891. The zero-order chi connectivity index (χ0) is 12.4. The van der Waals surface area contributed by atoms with Crippen molar-refractivity contribution < 1.29 is 4.39 Å². The standard InChI is InChI=1S/C13H20FN3/c1-9(2)11-6-7-17(8-12(11)14)13-5-4-10(3)15-16-13/h4-5,9,11-12H,6-8H2,1-3H3. The van der Waals surface area contributed by atoms with Crippen LogP contribution in [-0.4, -0.2) is 29.5 Å². The summed E-state index contributed by atoms with van der Waals surface area (Å²) < 4.78 is 14.0. The molecule has 0 radical (unpaired) electrons. The van der Waals surface area contributed by atoms with Gasteiger partial charge in [-0.3, -0.25) is 0 Å². The van der Waals surface area contributed by atoms with Crippen LogP contribution in [0.1, 0.15) is 26.0 Å². The minimum atomic E-state index is -0.758. The minimum absolute atomic E-state index is 0.185. The Kier molecular flexibility index (Phi) is 3.60. The maximum absolute atomic E-state index is 14.0. The Morgan fingerprint density at radius 2 is 2.12 bits per heavy atom. The van der Waals surface area contributed by atoms with Crippen LogP contribution < -0.4 is 4.90 Å². The van der Waals surface area contributed by atoms with Crippen LogP contribution in [0.25, 0.3) is 0 Å². The fraction of sp³-hybridized carbons (Fsp3) is 0.692. The molecular formula is C13H20FN3. The Bertz CT molecular complexity index is 363. The number of anilines is 1. The fourth-order valence-corrected chi connectivity index (χ4v) is 2.44. The number of aryl methyl sites for hydroxylation is 1. The van der Waals surface area contributed by atoms with E-state index in [9.17, 15) is 4.39 Å². The number of hydrogen-bond acceptors (Lipinski definition) is 3. The highest BCUT2D eigenvalue weighted by Crippen LogP contribution is 2.29. The summed E-state index contributed by atoms with van der Waals surface area (Å²) in [5, 5.41) is 8.13. The summed E-state index contributed by atoms with van der Waals surface area (Å²) in [6.07, 6.45) is 0.140. The number of hydrogen-bond donors (Lipinski definition) is 0. The Labute approximate surface area is 102 Å². The monoisotopic (exact) mass is 237 g/mol. The largest absolute Gasteiger partial charge is 0.352 e. The van der Waals surface area contributed by atoms with Gasteiger partial charge in [-0.2, -0.15) is 5.10 Å². The van der Waals surface area contributed by atoms with E-state index in [1.807, 2.05) is 24.0 Å². The maximum Gasteiger partial charge on any atom is 0.151 e. The lowest BCUT2D eigenvalue weighted by atomic mass is 9.85. The summed E-state index contributed by atoms with van der Waals surface area (Å²) in [6.45, 7) is 7.42. The summed E-state index contributed by atoms with van der Waals surface area (Å²) >= 11 is 0. The van der Waals surface area contributed by atoms with Crippen molar-refractivity contribution in [3.8, 4) is 0 Å². The lowest BCUT2D eigenvalue weighted by Crippen LogP contribution is -2.44. The van der Waals surface area contributed by atoms with Crippen molar-refractivity contribution in [3.63, 3.8) is 0 Å². The second-order valence-electron chi connectivity index (χ2n) is 5.19. The maximum atomic E-state index is 14.0. The Morgan fingerprint density at radius 3 is 2.65 bits per heavy atom. The van der Waals surface area contributed by atoms with Crippen molar-refractivity contribution in [1.29, 1.82) is 0 Å². The van der Waals surface area contributed by atoms with Gasteiger partial charge in [-0.1, -0.05) is 13.8 Å². The summed E-state index contributed by atoms with van der Waals surface area (Å²) in [7, 11) is 0. The van der Waals surface area contributed by atoms with Crippen molar-refractivity contribution >= 4 is 5.82 Å². The third-order valence-corrected chi connectivity index (χ3v) is 3.56. The average molecular weight is 237 g/mol. The number of rotatable bonds is 2. The molecule has 3 nitrogen and oxygen atoms in total. The first kappa shape index (κ1) is 12.3. The molecule has 2 rings (SSSR count). The Hall–Kier alpha value is -1.19. The van der Waals surface area contributed by atoms with Crippen LogP contribution in [0.5, 0.6) is 0 Å². The highest BCUT2D eigenvalue weighted by atomic mass is 19.1. The minimum Gasteiger partial charge on any atom is -0.352 e. The quantitative estimate of drug-likeness (QED) is 0.791. The first-order chi connectivity index (χ1) is 8.08. The summed E-state index contributed by atoms with van der Waals surface area (Å²) in [5.74, 6) is 1.39. The van der Waals surface area contributed by atoms with Crippen molar-refractivity contribution in [2.24, 2.45) is 11.8 Å². The molecule has 1 fully saturated rings. The van der Waals surface area contributed by atoms with E-state index >= 15 is 0 Å². The lowest BCUT2D eigenvalue weighted by molar-refractivity contribution is 0.153. The van der Waals surface area contributed by atoms with Gasteiger partial charge in [-0.15, -0.1) is 5.10 Å². The van der Waals surface area contributed by atoms with Crippen LogP contribution in [0.4, 0.5) is 10.2 Å². The molecule has 0 spiro atoms. The molecule has 0 saturated carbocycles. The Morgan fingerprint density at radius 1 is 1.35 bits per heavy atom. The molecule has 1 aliphatic rings. The second-order valence-corrected chi connectivity index (χ2v) is 5.19. The normalized spacial score (nSPS) is 25.4. The van der Waals surface area contributed by atoms with E-state index in [2.05, 4.69) is 24.0 Å². The van der Waals surface area contributed by atoms with Crippen molar-refractivity contribution in [3.05, 3.63) is 17.8 Å². The molecule has 2 heterocycles. The van der Waals surface area contributed by atoms with E-state index in [4.69, 9.17) is 0 Å². The zero-order valence-electron chi connectivity index (χ0n) is 10.7. The summed E-state index contributed by atoms with van der Waals surface area (Å²) in [6, 6.07) is 3.84. The van der Waals surface area contributed by atoms with Gasteiger partial charge in [0.2, 0.25) is 0 Å². The average Bonchev–Trinajstić information content (AvgIpc) is 2.29. The molecule has 1 aromatic rings. The third kappa shape index (κ3) is 2.73. The van der Waals surface area contributed by atoms with Gasteiger partial charge >= 0.3 is 0 Å². The van der Waals surface area contributed by atoms with Crippen molar-refractivity contribution in [1.82, 2.24) is 10.2 Å². The van der Waals surface area contributed by atoms with Gasteiger partial charge in [0.15, 0.2) is 5.82 Å². The second kappa shape index (κ2) is 4.98. The topological polar surface area (TPSA) is 29.0 Å². The van der Waals surface area contributed by atoms with E-state index in [0.717, 1.165) is 24.5 Å². The smallest absolute Gasteiger partial charge is 0.151 e. The molecule has 2 atom stereocenters. The zero-order valence-corrected chi connectivity index (χ0v) is 10.7. The third-order valence-electron chi connectivity index (χ3n) is 3.56. The predicted molar refractivity (Wildman–Crippen MR) is 66.8 cm³/mol. The van der Waals surface area contributed by atoms with Crippen LogP contribution >= 0.6 is 0 Å².